The van der Waals surface area contributed by atoms with Crippen molar-refractivity contribution in [3.63, 3.8) is 0 Å². The fraction of sp³-hybridized carbons (Fsp3) is 0.633. The van der Waals surface area contributed by atoms with Gasteiger partial charge in [0.15, 0.2) is 0 Å². The highest BCUT2D eigenvalue weighted by molar-refractivity contribution is 5.83. The first-order valence-corrected chi connectivity index (χ1v) is 14.1. The lowest BCUT2D eigenvalue weighted by Crippen LogP contribution is -2.43. The van der Waals surface area contributed by atoms with Crippen LogP contribution in [0.2, 0.25) is 0 Å². The molecule has 2 aromatic rings. The van der Waals surface area contributed by atoms with Crippen molar-refractivity contribution in [1.29, 1.82) is 0 Å². The van der Waals surface area contributed by atoms with E-state index >= 15 is 0 Å². The molecule has 8 heteroatoms. The van der Waals surface area contributed by atoms with Crippen LogP contribution >= 0.6 is 0 Å². The Labute approximate surface area is 225 Å². The maximum absolute atomic E-state index is 12.7. The molecule has 1 amide bonds. The third kappa shape index (κ3) is 6.88. The Bertz CT molecular complexity index is 1220. The molecule has 1 aliphatic heterocycles. The molecule has 0 radical (unpaired) electrons. The van der Waals surface area contributed by atoms with Gasteiger partial charge in [-0.25, -0.2) is 9.59 Å². The molecule has 2 heterocycles. The molecule has 1 atom stereocenters. The Morgan fingerprint density at radius 3 is 2.55 bits per heavy atom. The molecule has 1 unspecified atom stereocenters. The van der Waals surface area contributed by atoms with E-state index in [2.05, 4.69) is 23.5 Å². The molecular weight excluding hydrogens is 484 g/mol. The van der Waals surface area contributed by atoms with Crippen LogP contribution in [-0.4, -0.2) is 29.3 Å². The lowest BCUT2D eigenvalue weighted by molar-refractivity contribution is -0.147. The molecule has 1 aromatic carbocycles. The van der Waals surface area contributed by atoms with Crippen molar-refractivity contribution in [1.82, 2.24) is 5.32 Å². The minimum atomic E-state index is -0.888. The number of amides is 1. The van der Waals surface area contributed by atoms with Crippen molar-refractivity contribution in [2.24, 2.45) is 5.16 Å². The quantitative estimate of drug-likeness (QED) is 0.328. The van der Waals surface area contributed by atoms with Crippen LogP contribution in [0.3, 0.4) is 0 Å². The van der Waals surface area contributed by atoms with Crippen LogP contribution in [-0.2, 0) is 27.2 Å². The Morgan fingerprint density at radius 2 is 1.87 bits per heavy atom. The molecule has 1 aliphatic carbocycles. The Balaban J connectivity index is 1.59. The van der Waals surface area contributed by atoms with Crippen LogP contribution in [0, 0.1) is 0 Å². The van der Waals surface area contributed by atoms with E-state index in [-0.39, 0.29) is 11.2 Å². The molecule has 1 saturated carbocycles. The first kappa shape index (κ1) is 28.0. The number of hydrogen-bond donors (Lipinski definition) is 1. The number of nitrogens with zero attached hydrogens (tertiary/aromatic N) is 1. The van der Waals surface area contributed by atoms with Gasteiger partial charge in [-0.05, 0) is 101 Å². The van der Waals surface area contributed by atoms with E-state index in [0.717, 1.165) is 61.6 Å². The summed E-state index contributed by atoms with van der Waals surface area (Å²) in [6.07, 6.45) is 10.6. The van der Waals surface area contributed by atoms with Gasteiger partial charge in [0, 0.05) is 17.5 Å². The van der Waals surface area contributed by atoms with Crippen molar-refractivity contribution in [2.75, 3.05) is 0 Å². The molecule has 8 nitrogen and oxygen atoms in total. The summed E-state index contributed by atoms with van der Waals surface area (Å²) in [4.78, 5) is 30.0. The number of rotatable bonds is 7. The number of unbranched alkanes of at least 4 members (excludes halogenated alkanes) is 1. The molecule has 208 valence electrons. The third-order valence-corrected chi connectivity index (χ3v) is 7.37. The summed E-state index contributed by atoms with van der Waals surface area (Å²) in [7, 11) is 0. The van der Waals surface area contributed by atoms with Crippen molar-refractivity contribution in [2.45, 2.75) is 122 Å². The van der Waals surface area contributed by atoms with Gasteiger partial charge < -0.3 is 24.0 Å². The summed E-state index contributed by atoms with van der Waals surface area (Å²) >= 11 is 0. The minimum Gasteiger partial charge on any atom is -0.487 e. The largest absolute Gasteiger partial charge is 0.487 e. The van der Waals surface area contributed by atoms with E-state index < -0.39 is 23.7 Å². The first-order valence-electron chi connectivity index (χ1n) is 14.1. The van der Waals surface area contributed by atoms with Crippen LogP contribution in [0.4, 0.5) is 4.79 Å². The second-order valence-corrected chi connectivity index (χ2v) is 11.6. The first-order chi connectivity index (χ1) is 18.1. The molecule has 1 spiro atoms. The number of aryl methyl sites for hydroxylation is 2. The summed E-state index contributed by atoms with van der Waals surface area (Å²) < 4.78 is 18.0. The SMILES string of the molecule is CCCCc1cc(=NOC(=O)C(CC)NC(=O)OC(C)(C)C)oc2cc3c(cc12)CCC1(CCCCC1)O3. The standard InChI is InChI=1S/C30H42N2O6/c1-6-8-12-20-18-26(32-38-27(33)23(7-2)31-28(34)37-29(3,4)5)35-25-19-24-21(17-22(20)25)13-16-30(36-24)14-10-9-11-15-30/h17-19,23H,6-16H2,1-5H3,(H,31,34). The maximum Gasteiger partial charge on any atom is 0.408 e. The van der Waals surface area contributed by atoms with Crippen LogP contribution in [0.5, 0.6) is 5.75 Å². The Kier molecular flexibility index (Phi) is 8.68. The van der Waals surface area contributed by atoms with Gasteiger partial charge in [-0.15, -0.1) is 0 Å². The summed E-state index contributed by atoms with van der Waals surface area (Å²) in [5.41, 5.74) is 2.46. The summed E-state index contributed by atoms with van der Waals surface area (Å²) in [5.74, 6) is 0.203. The van der Waals surface area contributed by atoms with Gasteiger partial charge in [-0.3, -0.25) is 0 Å². The third-order valence-electron chi connectivity index (χ3n) is 7.37. The van der Waals surface area contributed by atoms with Crippen molar-refractivity contribution in [3.05, 3.63) is 34.9 Å². The van der Waals surface area contributed by atoms with Crippen LogP contribution in [0.15, 0.2) is 27.8 Å². The van der Waals surface area contributed by atoms with E-state index in [0.29, 0.717) is 12.0 Å². The number of carbonyl (C=O) groups excluding carboxylic acids is 2. The van der Waals surface area contributed by atoms with Gasteiger partial charge in [0.05, 0.1) is 0 Å². The summed E-state index contributed by atoms with van der Waals surface area (Å²) in [5, 5.41) is 7.61. The van der Waals surface area contributed by atoms with Crippen molar-refractivity contribution >= 4 is 23.0 Å². The number of hydrogen-bond acceptors (Lipinski definition) is 7. The zero-order chi connectivity index (χ0) is 27.3. The maximum atomic E-state index is 12.7. The summed E-state index contributed by atoms with van der Waals surface area (Å²) in [6, 6.07) is 5.13. The predicted octanol–water partition coefficient (Wildman–Crippen LogP) is 6.47. The van der Waals surface area contributed by atoms with Gasteiger partial charge in [-0.2, -0.15) is 0 Å². The van der Waals surface area contributed by atoms with Crippen molar-refractivity contribution in [3.8, 4) is 5.75 Å². The van der Waals surface area contributed by atoms with Gasteiger partial charge in [0.25, 0.3) is 5.55 Å². The van der Waals surface area contributed by atoms with Crippen molar-refractivity contribution < 1.29 is 28.3 Å². The number of ether oxygens (including phenoxy) is 2. The molecule has 38 heavy (non-hydrogen) atoms. The Hall–Kier alpha value is -3.03. The summed E-state index contributed by atoms with van der Waals surface area (Å²) in [6.45, 7) is 9.21. The molecule has 0 saturated heterocycles. The van der Waals surface area contributed by atoms with Gasteiger partial charge >= 0.3 is 12.1 Å². The van der Waals surface area contributed by atoms with E-state index in [1.807, 2.05) is 12.1 Å². The highest BCUT2D eigenvalue weighted by Gasteiger charge is 2.37. The normalized spacial score (nSPS) is 18.0. The number of alkyl carbamates (subject to hydrolysis) is 1. The van der Waals surface area contributed by atoms with Crippen LogP contribution < -0.4 is 15.6 Å². The van der Waals surface area contributed by atoms with E-state index in [9.17, 15) is 9.59 Å². The molecule has 1 aromatic heterocycles. The lowest BCUT2D eigenvalue weighted by atomic mass is 9.79. The fourth-order valence-corrected chi connectivity index (χ4v) is 5.35. The number of nitrogens with one attached hydrogen (secondary N) is 1. The molecule has 1 N–H and O–H groups in total. The lowest BCUT2D eigenvalue weighted by Gasteiger charge is -2.41. The second-order valence-electron chi connectivity index (χ2n) is 11.6. The monoisotopic (exact) mass is 526 g/mol. The number of fused-ring (bicyclic) bond motifs is 2. The average Bonchev–Trinajstić information content (AvgIpc) is 2.87. The van der Waals surface area contributed by atoms with Crippen LogP contribution in [0.1, 0.15) is 104 Å². The Morgan fingerprint density at radius 1 is 1.11 bits per heavy atom. The molecule has 2 aliphatic rings. The average molecular weight is 527 g/mol. The van der Waals surface area contributed by atoms with Gasteiger partial charge in [-0.1, -0.05) is 26.7 Å². The smallest absolute Gasteiger partial charge is 0.408 e. The molecule has 0 bridgehead atoms. The predicted molar refractivity (Wildman–Crippen MR) is 145 cm³/mol. The molecule has 1 fully saturated rings. The topological polar surface area (TPSA) is 99.4 Å². The highest BCUT2D eigenvalue weighted by atomic mass is 16.7. The number of benzene rings is 1. The minimum absolute atomic E-state index is 0.0578. The number of carbonyl (C=O) groups is 2. The van der Waals surface area contributed by atoms with E-state index in [1.165, 1.54) is 24.8 Å². The fourth-order valence-electron chi connectivity index (χ4n) is 5.35. The van der Waals surface area contributed by atoms with Gasteiger partial charge in [0.2, 0.25) is 0 Å². The zero-order valence-electron chi connectivity index (χ0n) is 23.5. The van der Waals surface area contributed by atoms with Gasteiger partial charge in [0.1, 0.15) is 28.6 Å². The highest BCUT2D eigenvalue weighted by Crippen LogP contribution is 2.43. The molecular formula is C30H42N2O6. The second kappa shape index (κ2) is 11.8. The van der Waals surface area contributed by atoms with E-state index in [1.54, 1.807) is 27.7 Å². The zero-order valence-corrected chi connectivity index (χ0v) is 23.5. The molecule has 4 rings (SSSR count). The van der Waals surface area contributed by atoms with Crippen LogP contribution in [0.25, 0.3) is 11.0 Å². The van der Waals surface area contributed by atoms with E-state index in [4.69, 9.17) is 18.7 Å².